The van der Waals surface area contributed by atoms with E-state index >= 15 is 0 Å². The van der Waals surface area contributed by atoms with Crippen molar-refractivity contribution in [2.24, 2.45) is 0 Å². The first kappa shape index (κ1) is 16.2. The molecule has 7 nitrogen and oxygen atoms in total. The van der Waals surface area contributed by atoms with E-state index in [9.17, 15) is 0 Å². The number of aromatic amines is 1. The van der Waals surface area contributed by atoms with E-state index in [0.29, 0.717) is 29.2 Å². The van der Waals surface area contributed by atoms with Crippen molar-refractivity contribution in [3.05, 3.63) is 46.8 Å². The van der Waals surface area contributed by atoms with Gasteiger partial charge in [-0.1, -0.05) is 16.8 Å². The average Bonchev–Trinajstić information content (AvgIpc) is 3.25. The smallest absolute Gasteiger partial charge is 0.241 e. The molecule has 4 rings (SSSR count). The van der Waals surface area contributed by atoms with Gasteiger partial charge < -0.3 is 4.52 Å². The van der Waals surface area contributed by atoms with Crippen molar-refractivity contribution in [2.75, 3.05) is 13.1 Å². The van der Waals surface area contributed by atoms with Gasteiger partial charge in [-0.15, -0.1) is 0 Å². The number of nitrogens with one attached hydrogen (secondary N) is 1. The number of benzene rings is 1. The number of rotatable bonds is 4. The van der Waals surface area contributed by atoms with Gasteiger partial charge in [-0.25, -0.2) is 4.98 Å². The topological polar surface area (TPSA) is 83.7 Å². The molecule has 1 fully saturated rings. The Morgan fingerprint density at radius 2 is 2.12 bits per heavy atom. The van der Waals surface area contributed by atoms with Crippen LogP contribution in [0.25, 0.3) is 11.4 Å². The maximum absolute atomic E-state index is 5.92. The molecule has 25 heavy (non-hydrogen) atoms. The molecule has 2 aromatic heterocycles. The van der Waals surface area contributed by atoms with E-state index in [0.717, 1.165) is 43.1 Å². The second-order valence-corrected chi connectivity index (χ2v) is 6.81. The van der Waals surface area contributed by atoms with Crippen molar-refractivity contribution in [3.63, 3.8) is 0 Å². The predicted octanol–water partition coefficient (Wildman–Crippen LogP) is 3.20. The summed E-state index contributed by atoms with van der Waals surface area (Å²) in [4.78, 5) is 11.3. The number of nitrogens with zero attached hydrogens (tertiary/aromatic N) is 5. The first-order chi connectivity index (χ1) is 12.2. The summed E-state index contributed by atoms with van der Waals surface area (Å²) < 4.78 is 5.42. The molecule has 1 aliphatic heterocycles. The quantitative estimate of drug-likeness (QED) is 0.771. The van der Waals surface area contributed by atoms with Gasteiger partial charge >= 0.3 is 0 Å². The van der Waals surface area contributed by atoms with Gasteiger partial charge in [0.1, 0.15) is 5.82 Å². The maximum Gasteiger partial charge on any atom is 0.241 e. The second kappa shape index (κ2) is 6.93. The highest BCUT2D eigenvalue weighted by molar-refractivity contribution is 6.30. The monoisotopic (exact) mass is 358 g/mol. The zero-order valence-corrected chi connectivity index (χ0v) is 14.7. The summed E-state index contributed by atoms with van der Waals surface area (Å²) in [5.74, 6) is 3.31. The summed E-state index contributed by atoms with van der Waals surface area (Å²) in [5.41, 5.74) is 0.895. The molecular formula is C17H19ClN6O. The molecule has 0 unspecified atom stereocenters. The van der Waals surface area contributed by atoms with Gasteiger partial charge in [-0.3, -0.25) is 10.00 Å². The molecule has 1 N–H and O–H groups in total. The number of H-pyrrole nitrogens is 1. The molecule has 1 saturated heterocycles. The second-order valence-electron chi connectivity index (χ2n) is 6.37. The molecule has 3 heterocycles. The zero-order chi connectivity index (χ0) is 17.2. The minimum atomic E-state index is 0.345. The lowest BCUT2D eigenvalue weighted by Gasteiger charge is -2.30. The Balaban J connectivity index is 1.42. The van der Waals surface area contributed by atoms with Crippen molar-refractivity contribution in [1.29, 1.82) is 0 Å². The first-order valence-corrected chi connectivity index (χ1v) is 8.75. The third-order valence-electron chi connectivity index (χ3n) is 4.41. The average molecular weight is 359 g/mol. The van der Waals surface area contributed by atoms with E-state index in [4.69, 9.17) is 16.1 Å². The minimum absolute atomic E-state index is 0.345. The minimum Gasteiger partial charge on any atom is -0.338 e. The zero-order valence-electron chi connectivity index (χ0n) is 13.9. The maximum atomic E-state index is 5.92. The van der Waals surface area contributed by atoms with Gasteiger partial charge in [-0.2, -0.15) is 10.1 Å². The molecule has 1 aliphatic rings. The van der Waals surface area contributed by atoms with Crippen LogP contribution in [0.1, 0.15) is 36.3 Å². The van der Waals surface area contributed by atoms with E-state index in [1.165, 1.54) is 0 Å². The van der Waals surface area contributed by atoms with E-state index in [1.807, 2.05) is 31.2 Å². The fourth-order valence-corrected chi connectivity index (χ4v) is 3.31. The van der Waals surface area contributed by atoms with E-state index in [2.05, 4.69) is 30.2 Å². The molecule has 0 aliphatic carbocycles. The van der Waals surface area contributed by atoms with Gasteiger partial charge in [0, 0.05) is 23.0 Å². The Morgan fingerprint density at radius 3 is 2.88 bits per heavy atom. The number of likely N-dealkylation sites (tertiary alicyclic amines) is 1. The van der Waals surface area contributed by atoms with Gasteiger partial charge in [0.05, 0.1) is 6.54 Å². The Morgan fingerprint density at radius 1 is 1.28 bits per heavy atom. The Kier molecular flexibility index (Phi) is 4.50. The summed E-state index contributed by atoms with van der Waals surface area (Å²) in [5, 5.41) is 12.0. The van der Waals surface area contributed by atoms with Gasteiger partial charge in [-0.05, 0) is 50.6 Å². The highest BCUT2D eigenvalue weighted by Crippen LogP contribution is 2.26. The fourth-order valence-electron chi connectivity index (χ4n) is 3.18. The Hall–Kier alpha value is -2.25. The SMILES string of the molecule is Cc1nc([C@H]2CCCN(Cc3nc(-c4ccc(Cl)cc4)no3)C2)n[nH]1. The molecule has 0 radical (unpaired) electrons. The normalized spacial score (nSPS) is 18.6. The predicted molar refractivity (Wildman–Crippen MR) is 93.1 cm³/mol. The number of halogens is 1. The van der Waals surface area contributed by atoms with Crippen molar-refractivity contribution >= 4 is 11.6 Å². The van der Waals surface area contributed by atoms with Crippen LogP contribution in [0.2, 0.25) is 5.02 Å². The summed E-state index contributed by atoms with van der Waals surface area (Å²) in [6, 6.07) is 7.42. The van der Waals surface area contributed by atoms with Gasteiger partial charge in [0.2, 0.25) is 11.7 Å². The van der Waals surface area contributed by atoms with E-state index < -0.39 is 0 Å². The van der Waals surface area contributed by atoms with E-state index in [1.54, 1.807) is 0 Å². The lowest BCUT2D eigenvalue weighted by atomic mass is 9.97. The highest BCUT2D eigenvalue weighted by Gasteiger charge is 2.25. The molecule has 8 heteroatoms. The van der Waals surface area contributed by atoms with Crippen LogP contribution in [0.3, 0.4) is 0 Å². The molecular weight excluding hydrogens is 340 g/mol. The van der Waals surface area contributed by atoms with Crippen LogP contribution in [-0.4, -0.2) is 43.3 Å². The summed E-state index contributed by atoms with van der Waals surface area (Å²) in [7, 11) is 0. The van der Waals surface area contributed by atoms with Crippen LogP contribution >= 0.6 is 11.6 Å². The lowest BCUT2D eigenvalue weighted by Crippen LogP contribution is -2.34. The van der Waals surface area contributed by atoms with Crippen LogP contribution < -0.4 is 0 Å². The Bertz CT molecular complexity index is 843. The molecule has 1 aromatic carbocycles. The van der Waals surface area contributed by atoms with Crippen LogP contribution in [0.4, 0.5) is 0 Å². The van der Waals surface area contributed by atoms with Crippen LogP contribution in [0.5, 0.6) is 0 Å². The van der Waals surface area contributed by atoms with Crippen molar-refractivity contribution in [3.8, 4) is 11.4 Å². The van der Waals surface area contributed by atoms with Gasteiger partial charge in [0.15, 0.2) is 5.82 Å². The fraction of sp³-hybridized carbons (Fsp3) is 0.412. The van der Waals surface area contributed by atoms with Crippen LogP contribution in [0.15, 0.2) is 28.8 Å². The number of piperidine rings is 1. The number of hydrogen-bond acceptors (Lipinski definition) is 6. The van der Waals surface area contributed by atoms with Crippen LogP contribution in [0, 0.1) is 6.92 Å². The molecule has 1 atom stereocenters. The van der Waals surface area contributed by atoms with Crippen molar-refractivity contribution in [1.82, 2.24) is 30.2 Å². The highest BCUT2D eigenvalue weighted by atomic mass is 35.5. The summed E-state index contributed by atoms with van der Waals surface area (Å²) in [6.45, 7) is 4.48. The largest absolute Gasteiger partial charge is 0.338 e. The lowest BCUT2D eigenvalue weighted by molar-refractivity contribution is 0.174. The van der Waals surface area contributed by atoms with Crippen LogP contribution in [-0.2, 0) is 6.54 Å². The number of hydrogen-bond donors (Lipinski definition) is 1. The van der Waals surface area contributed by atoms with Crippen molar-refractivity contribution < 1.29 is 4.52 Å². The van der Waals surface area contributed by atoms with Gasteiger partial charge in [0.25, 0.3) is 0 Å². The molecule has 0 bridgehead atoms. The van der Waals surface area contributed by atoms with Crippen molar-refractivity contribution in [2.45, 2.75) is 32.2 Å². The number of aromatic nitrogens is 5. The summed E-state index contributed by atoms with van der Waals surface area (Å²) >= 11 is 5.92. The molecule has 0 amide bonds. The van der Waals surface area contributed by atoms with E-state index in [-0.39, 0.29) is 0 Å². The number of aryl methyl sites for hydroxylation is 1. The first-order valence-electron chi connectivity index (χ1n) is 8.37. The summed E-state index contributed by atoms with van der Waals surface area (Å²) in [6.07, 6.45) is 2.21. The third-order valence-corrected chi connectivity index (χ3v) is 4.67. The molecule has 130 valence electrons. The third kappa shape index (κ3) is 3.72. The standard InChI is InChI=1S/C17H19ClN6O/c1-11-19-16(22-21-11)13-3-2-8-24(9-13)10-15-20-17(23-25-15)12-4-6-14(18)7-5-12/h4-7,13H,2-3,8-10H2,1H3,(H,19,21,22)/t13-/m0/s1. The molecule has 0 spiro atoms. The molecule has 3 aromatic rings. The Labute approximate surface area is 150 Å². The molecule has 0 saturated carbocycles.